The van der Waals surface area contributed by atoms with Crippen LogP contribution in [0.25, 0.3) is 0 Å². The number of aromatic nitrogens is 2. The van der Waals surface area contributed by atoms with Crippen LogP contribution in [0.15, 0.2) is 6.07 Å². The van der Waals surface area contributed by atoms with Gasteiger partial charge in [0.05, 0.1) is 0 Å². The maximum Gasteiger partial charge on any atom is 0.132 e. The summed E-state index contributed by atoms with van der Waals surface area (Å²) in [4.78, 5) is 9.11. The van der Waals surface area contributed by atoms with E-state index in [-0.39, 0.29) is 0 Å². The van der Waals surface area contributed by atoms with E-state index in [9.17, 15) is 0 Å². The van der Waals surface area contributed by atoms with E-state index in [2.05, 4.69) is 41.4 Å². The summed E-state index contributed by atoms with van der Waals surface area (Å²) in [6.07, 6.45) is 6.07. The molecular weight excluding hydrogens is 248 g/mol. The molecule has 112 valence electrons. The normalized spacial score (nSPS) is 21.9. The molecule has 1 aromatic rings. The monoisotopic (exact) mass is 276 g/mol. The van der Waals surface area contributed by atoms with Gasteiger partial charge in [-0.05, 0) is 24.7 Å². The first-order valence-electron chi connectivity index (χ1n) is 8.08. The lowest BCUT2D eigenvalue weighted by Gasteiger charge is -2.17. The summed E-state index contributed by atoms with van der Waals surface area (Å²) in [5, 5.41) is 6.87. The lowest BCUT2D eigenvalue weighted by atomic mass is 9.98. The average Bonchev–Trinajstić information content (AvgIpc) is 2.88. The van der Waals surface area contributed by atoms with Crippen molar-refractivity contribution >= 4 is 11.6 Å². The van der Waals surface area contributed by atoms with Crippen molar-refractivity contribution in [1.29, 1.82) is 0 Å². The number of aryl methyl sites for hydroxylation is 1. The van der Waals surface area contributed by atoms with E-state index in [1.54, 1.807) is 0 Å². The average molecular weight is 276 g/mol. The predicted octanol–water partition coefficient (Wildman–Crippen LogP) is 3.71. The number of rotatable bonds is 7. The molecule has 1 heterocycles. The first-order chi connectivity index (χ1) is 9.72. The Morgan fingerprint density at radius 2 is 1.90 bits per heavy atom. The predicted molar refractivity (Wildman–Crippen MR) is 85.2 cm³/mol. The minimum atomic E-state index is 0.794. The molecule has 1 saturated carbocycles. The first kappa shape index (κ1) is 15.1. The van der Waals surface area contributed by atoms with E-state index in [4.69, 9.17) is 0 Å². The number of nitrogens with one attached hydrogen (secondary N) is 2. The lowest BCUT2D eigenvalue weighted by Crippen LogP contribution is -2.18. The van der Waals surface area contributed by atoms with Crippen LogP contribution >= 0.6 is 0 Å². The molecule has 2 N–H and O–H groups in total. The van der Waals surface area contributed by atoms with Gasteiger partial charge in [-0.3, -0.25) is 0 Å². The smallest absolute Gasteiger partial charge is 0.132 e. The summed E-state index contributed by atoms with van der Waals surface area (Å²) in [5.41, 5.74) is 0. The molecule has 0 radical (unpaired) electrons. The second-order valence-corrected chi connectivity index (χ2v) is 5.88. The third-order valence-electron chi connectivity index (χ3n) is 4.23. The summed E-state index contributed by atoms with van der Waals surface area (Å²) in [6, 6.07) is 2.04. The van der Waals surface area contributed by atoms with Gasteiger partial charge in [0.15, 0.2) is 0 Å². The van der Waals surface area contributed by atoms with Crippen molar-refractivity contribution in [2.45, 2.75) is 52.9 Å². The van der Waals surface area contributed by atoms with E-state index >= 15 is 0 Å². The number of nitrogens with zero attached hydrogens (tertiary/aromatic N) is 2. The van der Waals surface area contributed by atoms with Gasteiger partial charge in [-0.1, -0.05) is 33.6 Å². The molecule has 2 unspecified atom stereocenters. The fourth-order valence-corrected chi connectivity index (χ4v) is 2.85. The van der Waals surface area contributed by atoms with Gasteiger partial charge in [-0.25, -0.2) is 9.97 Å². The van der Waals surface area contributed by atoms with Crippen molar-refractivity contribution in [3.8, 4) is 0 Å². The third-order valence-corrected chi connectivity index (χ3v) is 4.23. The van der Waals surface area contributed by atoms with Gasteiger partial charge in [0, 0.05) is 25.6 Å². The van der Waals surface area contributed by atoms with Crippen LogP contribution in [0, 0.1) is 11.8 Å². The van der Waals surface area contributed by atoms with Crippen LogP contribution < -0.4 is 10.6 Å². The van der Waals surface area contributed by atoms with Crippen molar-refractivity contribution in [2.75, 3.05) is 23.7 Å². The van der Waals surface area contributed by atoms with Gasteiger partial charge in [0.1, 0.15) is 17.5 Å². The van der Waals surface area contributed by atoms with Crippen LogP contribution in [-0.4, -0.2) is 23.1 Å². The highest BCUT2D eigenvalue weighted by Crippen LogP contribution is 2.31. The van der Waals surface area contributed by atoms with Crippen molar-refractivity contribution in [2.24, 2.45) is 11.8 Å². The minimum absolute atomic E-state index is 0.794. The maximum absolute atomic E-state index is 4.58. The van der Waals surface area contributed by atoms with Crippen LogP contribution in [0.1, 0.15) is 52.3 Å². The summed E-state index contributed by atoms with van der Waals surface area (Å²) >= 11 is 0. The highest BCUT2D eigenvalue weighted by atomic mass is 15.1. The Hall–Kier alpha value is -1.32. The minimum Gasteiger partial charge on any atom is -0.370 e. The zero-order valence-electron chi connectivity index (χ0n) is 13.1. The summed E-state index contributed by atoms with van der Waals surface area (Å²) in [7, 11) is 0. The van der Waals surface area contributed by atoms with Crippen LogP contribution in [0.2, 0.25) is 0 Å². The Morgan fingerprint density at radius 3 is 2.50 bits per heavy atom. The molecule has 0 bridgehead atoms. The topological polar surface area (TPSA) is 49.8 Å². The molecule has 0 amide bonds. The third kappa shape index (κ3) is 4.09. The fraction of sp³-hybridized carbons (Fsp3) is 0.750. The quantitative estimate of drug-likeness (QED) is 0.797. The van der Waals surface area contributed by atoms with E-state index < -0.39 is 0 Å². The van der Waals surface area contributed by atoms with Crippen molar-refractivity contribution in [1.82, 2.24) is 9.97 Å². The largest absolute Gasteiger partial charge is 0.370 e. The molecule has 1 aliphatic carbocycles. The lowest BCUT2D eigenvalue weighted by molar-refractivity contribution is 0.439. The van der Waals surface area contributed by atoms with Crippen molar-refractivity contribution in [3.63, 3.8) is 0 Å². The number of hydrogen-bond donors (Lipinski definition) is 2. The van der Waals surface area contributed by atoms with E-state index in [0.717, 1.165) is 55.2 Å². The van der Waals surface area contributed by atoms with Gasteiger partial charge in [-0.15, -0.1) is 0 Å². The fourth-order valence-electron chi connectivity index (χ4n) is 2.85. The molecule has 4 heteroatoms. The van der Waals surface area contributed by atoms with Gasteiger partial charge in [0.2, 0.25) is 0 Å². The molecule has 4 nitrogen and oxygen atoms in total. The number of hydrogen-bond acceptors (Lipinski definition) is 4. The molecule has 1 aromatic heterocycles. The maximum atomic E-state index is 4.58. The van der Waals surface area contributed by atoms with Crippen molar-refractivity contribution < 1.29 is 0 Å². The van der Waals surface area contributed by atoms with E-state index in [1.807, 2.05) is 6.07 Å². The second kappa shape index (κ2) is 7.46. The van der Waals surface area contributed by atoms with Crippen LogP contribution in [-0.2, 0) is 6.42 Å². The molecule has 0 aromatic carbocycles. The summed E-state index contributed by atoms with van der Waals surface area (Å²) in [6.45, 7) is 8.62. The molecule has 0 saturated heterocycles. The highest BCUT2D eigenvalue weighted by molar-refractivity contribution is 5.47. The molecule has 1 fully saturated rings. The Morgan fingerprint density at radius 1 is 1.15 bits per heavy atom. The van der Waals surface area contributed by atoms with Gasteiger partial charge >= 0.3 is 0 Å². The van der Waals surface area contributed by atoms with Crippen molar-refractivity contribution in [3.05, 3.63) is 11.9 Å². The molecule has 2 rings (SSSR count). The SMILES string of the molecule is CCCNc1cc(NCC2CCCC2C)nc(CC)n1. The zero-order chi connectivity index (χ0) is 14.4. The first-order valence-corrected chi connectivity index (χ1v) is 8.08. The Kier molecular flexibility index (Phi) is 5.62. The Balaban J connectivity index is 1.98. The number of anilines is 2. The van der Waals surface area contributed by atoms with Gasteiger partial charge < -0.3 is 10.6 Å². The molecule has 2 atom stereocenters. The molecular formula is C16H28N4. The summed E-state index contributed by atoms with van der Waals surface area (Å²) < 4.78 is 0. The standard InChI is InChI=1S/C16H28N4/c1-4-9-17-15-10-16(20-14(5-2)19-15)18-11-13-8-6-7-12(13)3/h10,12-13H,4-9,11H2,1-3H3,(H2,17,18,19,20). The van der Waals surface area contributed by atoms with E-state index in [0.29, 0.717) is 0 Å². The molecule has 20 heavy (non-hydrogen) atoms. The summed E-state index contributed by atoms with van der Waals surface area (Å²) in [5.74, 6) is 4.46. The van der Waals surface area contributed by atoms with Gasteiger partial charge in [0.25, 0.3) is 0 Å². The molecule has 0 aliphatic heterocycles. The molecule has 1 aliphatic rings. The van der Waals surface area contributed by atoms with Crippen LogP contribution in [0.3, 0.4) is 0 Å². The highest BCUT2D eigenvalue weighted by Gasteiger charge is 2.22. The van der Waals surface area contributed by atoms with E-state index in [1.165, 1.54) is 19.3 Å². The Bertz CT molecular complexity index is 419. The Labute approximate surface area is 122 Å². The van der Waals surface area contributed by atoms with Gasteiger partial charge in [-0.2, -0.15) is 0 Å². The zero-order valence-corrected chi connectivity index (χ0v) is 13.1. The molecule has 0 spiro atoms. The van der Waals surface area contributed by atoms with Crippen LogP contribution in [0.4, 0.5) is 11.6 Å². The second-order valence-electron chi connectivity index (χ2n) is 5.88. The van der Waals surface area contributed by atoms with Crippen LogP contribution in [0.5, 0.6) is 0 Å².